The Balaban J connectivity index is 4.50. The van der Waals surface area contributed by atoms with Crippen LogP contribution < -0.4 is 5.32 Å². The van der Waals surface area contributed by atoms with Crippen LogP contribution in [-0.4, -0.2) is 73.4 Å². The van der Waals surface area contributed by atoms with Crippen LogP contribution in [0.25, 0.3) is 0 Å². The van der Waals surface area contributed by atoms with Crippen molar-refractivity contribution in [3.63, 3.8) is 0 Å². The van der Waals surface area contributed by atoms with E-state index in [-0.39, 0.29) is 19.1 Å². The number of nitrogens with zero attached hydrogens (tertiary/aromatic N) is 1. The Morgan fingerprint density at radius 2 is 1.13 bits per heavy atom. The van der Waals surface area contributed by atoms with Gasteiger partial charge < -0.3 is 19.8 Å². The number of quaternary nitrogens is 1. The van der Waals surface area contributed by atoms with Crippen LogP contribution in [0.5, 0.6) is 0 Å². The largest absolute Gasteiger partial charge is 0.472 e. The van der Waals surface area contributed by atoms with Gasteiger partial charge in [-0.05, 0) is 19.3 Å². The first-order valence-corrected chi connectivity index (χ1v) is 21.1. The fourth-order valence-corrected chi connectivity index (χ4v) is 6.31. The van der Waals surface area contributed by atoms with E-state index in [0.717, 1.165) is 38.5 Å². The van der Waals surface area contributed by atoms with E-state index < -0.39 is 20.0 Å². The van der Waals surface area contributed by atoms with Crippen molar-refractivity contribution in [3.8, 4) is 0 Å². The summed E-state index contributed by atoms with van der Waals surface area (Å²) in [7, 11) is 1.58. The Hall–Kier alpha value is -0.760. The highest BCUT2D eigenvalue weighted by Crippen LogP contribution is 2.43. The molecule has 0 aliphatic rings. The lowest BCUT2D eigenvalue weighted by Gasteiger charge is -2.25. The predicted molar refractivity (Wildman–Crippen MR) is 198 cm³/mol. The van der Waals surface area contributed by atoms with E-state index in [0.29, 0.717) is 17.4 Å². The van der Waals surface area contributed by atoms with Crippen molar-refractivity contribution in [2.45, 2.75) is 187 Å². The van der Waals surface area contributed by atoms with E-state index in [1.54, 1.807) is 6.08 Å². The molecule has 0 spiro atoms. The molecule has 0 aromatic heterocycles. The lowest BCUT2D eigenvalue weighted by Crippen LogP contribution is -2.45. The molecular formula is C38H78N2O6P+. The predicted octanol–water partition coefficient (Wildman–Crippen LogP) is 10.0. The van der Waals surface area contributed by atoms with Crippen LogP contribution in [0.2, 0.25) is 0 Å². The van der Waals surface area contributed by atoms with Gasteiger partial charge in [-0.3, -0.25) is 13.8 Å². The Kier molecular flexibility index (Phi) is 30.7. The minimum atomic E-state index is -4.32. The maximum absolute atomic E-state index is 12.7. The van der Waals surface area contributed by atoms with E-state index in [2.05, 4.69) is 19.2 Å². The molecule has 3 N–H and O–H groups in total. The van der Waals surface area contributed by atoms with Gasteiger partial charge in [0.1, 0.15) is 13.2 Å². The summed E-state index contributed by atoms with van der Waals surface area (Å²) in [6.07, 6.45) is 32.7. The molecule has 0 bridgehead atoms. The van der Waals surface area contributed by atoms with Gasteiger partial charge in [-0.25, -0.2) is 4.57 Å². The molecule has 0 aromatic rings. The molecule has 280 valence electrons. The molecule has 0 aromatic carbocycles. The molecule has 0 aliphatic carbocycles. The number of hydrogen-bond donors (Lipinski definition) is 3. The number of phosphoric ester groups is 1. The summed E-state index contributed by atoms with van der Waals surface area (Å²) in [6.45, 7) is 4.79. The number of hydrogen-bond acceptors (Lipinski definition) is 5. The van der Waals surface area contributed by atoms with E-state index >= 15 is 0 Å². The van der Waals surface area contributed by atoms with Crippen LogP contribution >= 0.6 is 7.82 Å². The van der Waals surface area contributed by atoms with Crippen molar-refractivity contribution in [3.05, 3.63) is 12.2 Å². The molecule has 0 saturated carbocycles. The van der Waals surface area contributed by atoms with Crippen molar-refractivity contribution >= 4 is 13.7 Å². The lowest BCUT2D eigenvalue weighted by molar-refractivity contribution is -0.870. The number of rotatable bonds is 35. The second-order valence-electron chi connectivity index (χ2n) is 14.7. The molecule has 0 fully saturated rings. The summed E-state index contributed by atoms with van der Waals surface area (Å²) in [5.74, 6) is -0.180. The highest BCUT2D eigenvalue weighted by molar-refractivity contribution is 7.47. The molecule has 3 atom stereocenters. The number of phosphoric acid groups is 1. The monoisotopic (exact) mass is 690 g/mol. The van der Waals surface area contributed by atoms with Crippen LogP contribution in [0.3, 0.4) is 0 Å². The molecule has 3 unspecified atom stereocenters. The van der Waals surface area contributed by atoms with Crippen LogP contribution in [0.4, 0.5) is 0 Å². The Bertz CT molecular complexity index is 789. The minimum Gasteiger partial charge on any atom is -0.387 e. The van der Waals surface area contributed by atoms with Gasteiger partial charge >= 0.3 is 7.82 Å². The van der Waals surface area contributed by atoms with Gasteiger partial charge in [0.2, 0.25) is 5.91 Å². The van der Waals surface area contributed by atoms with Crippen molar-refractivity contribution in [2.24, 2.45) is 0 Å². The molecule has 47 heavy (non-hydrogen) atoms. The molecule has 0 rings (SSSR count). The van der Waals surface area contributed by atoms with E-state index in [4.69, 9.17) is 9.05 Å². The number of carbonyl (C=O) groups is 1. The van der Waals surface area contributed by atoms with Gasteiger partial charge in [-0.15, -0.1) is 0 Å². The zero-order valence-corrected chi connectivity index (χ0v) is 32.4. The molecule has 0 heterocycles. The van der Waals surface area contributed by atoms with Gasteiger partial charge in [0, 0.05) is 6.42 Å². The number of amides is 1. The third-order valence-corrected chi connectivity index (χ3v) is 9.74. The smallest absolute Gasteiger partial charge is 0.387 e. The highest BCUT2D eigenvalue weighted by atomic mass is 31.2. The average Bonchev–Trinajstić information content (AvgIpc) is 3.01. The SMILES string of the molecule is CCCCCCCCCCCCCCC/C=C/C(O)C(COP(=O)(O)OCC[N+](C)(C)C)NC(=O)CCCCCCCCCCCC. The second kappa shape index (κ2) is 31.2. The standard InChI is InChI=1S/C38H77N2O6P/c1-6-8-10-12-14-16-18-19-20-21-22-23-25-27-29-31-37(41)36(35-46-47(43,44)45-34-33-40(3,4)5)39-38(42)32-30-28-26-24-17-15-13-11-9-7-2/h29,31,36-37,41H,6-28,30,32-35H2,1-5H3,(H-,39,42,43,44)/p+1/b31-29+. The average molecular weight is 690 g/mol. The molecule has 1 amide bonds. The fraction of sp³-hybridized carbons (Fsp3) is 0.921. The fourth-order valence-electron chi connectivity index (χ4n) is 5.57. The van der Waals surface area contributed by atoms with E-state index in [9.17, 15) is 19.4 Å². The van der Waals surface area contributed by atoms with Crippen molar-refractivity contribution in [2.75, 3.05) is 40.9 Å². The Labute approximate surface area is 291 Å². The zero-order valence-electron chi connectivity index (χ0n) is 31.5. The molecular weight excluding hydrogens is 611 g/mol. The Morgan fingerprint density at radius 3 is 1.57 bits per heavy atom. The zero-order chi connectivity index (χ0) is 35.1. The summed E-state index contributed by atoms with van der Waals surface area (Å²) >= 11 is 0. The summed E-state index contributed by atoms with van der Waals surface area (Å²) < 4.78 is 23.4. The first-order valence-electron chi connectivity index (χ1n) is 19.6. The van der Waals surface area contributed by atoms with Gasteiger partial charge in [0.25, 0.3) is 0 Å². The van der Waals surface area contributed by atoms with Gasteiger partial charge in [-0.1, -0.05) is 161 Å². The first kappa shape index (κ1) is 46.2. The molecule has 0 radical (unpaired) electrons. The van der Waals surface area contributed by atoms with Gasteiger partial charge in [0.15, 0.2) is 0 Å². The van der Waals surface area contributed by atoms with Gasteiger partial charge in [-0.2, -0.15) is 0 Å². The molecule has 0 saturated heterocycles. The molecule has 9 heteroatoms. The second-order valence-corrected chi connectivity index (χ2v) is 16.1. The summed E-state index contributed by atoms with van der Waals surface area (Å²) in [6, 6.07) is -0.837. The number of unbranched alkanes of at least 4 members (excludes halogenated alkanes) is 22. The first-order chi connectivity index (χ1) is 22.5. The Morgan fingerprint density at radius 1 is 0.702 bits per heavy atom. The van der Waals surface area contributed by atoms with Crippen LogP contribution in [0, 0.1) is 0 Å². The van der Waals surface area contributed by atoms with E-state index in [1.165, 1.54) is 116 Å². The number of aliphatic hydroxyl groups is 1. The summed E-state index contributed by atoms with van der Waals surface area (Å²) in [5, 5.41) is 13.7. The quantitative estimate of drug-likeness (QED) is 0.0265. The lowest BCUT2D eigenvalue weighted by atomic mass is 10.0. The van der Waals surface area contributed by atoms with Crippen molar-refractivity contribution in [1.82, 2.24) is 5.32 Å². The normalized spacial score (nSPS) is 14.8. The molecule has 8 nitrogen and oxygen atoms in total. The van der Waals surface area contributed by atoms with Crippen molar-refractivity contribution in [1.29, 1.82) is 0 Å². The van der Waals surface area contributed by atoms with E-state index in [1.807, 2.05) is 27.2 Å². The topological polar surface area (TPSA) is 105 Å². The number of allylic oxidation sites excluding steroid dienone is 1. The maximum Gasteiger partial charge on any atom is 0.472 e. The number of likely N-dealkylation sites (N-methyl/N-ethyl adjacent to an activating group) is 1. The summed E-state index contributed by atoms with van der Waals surface area (Å²) in [4.78, 5) is 22.9. The highest BCUT2D eigenvalue weighted by Gasteiger charge is 2.27. The summed E-state index contributed by atoms with van der Waals surface area (Å²) in [5.41, 5.74) is 0. The van der Waals surface area contributed by atoms with Crippen LogP contribution in [-0.2, 0) is 18.4 Å². The number of carbonyl (C=O) groups excluding carboxylic acids is 1. The number of nitrogens with one attached hydrogen (secondary N) is 1. The third-order valence-electron chi connectivity index (χ3n) is 8.76. The maximum atomic E-state index is 12.7. The van der Waals surface area contributed by atoms with Gasteiger partial charge in [0.05, 0.1) is 39.9 Å². The number of aliphatic hydroxyl groups excluding tert-OH is 1. The minimum absolute atomic E-state index is 0.0641. The third kappa shape index (κ3) is 33.5. The van der Waals surface area contributed by atoms with Crippen molar-refractivity contribution < 1.29 is 32.9 Å². The van der Waals surface area contributed by atoms with Crippen LogP contribution in [0.1, 0.15) is 174 Å². The molecule has 0 aliphatic heterocycles. The van der Waals surface area contributed by atoms with Crippen LogP contribution in [0.15, 0.2) is 12.2 Å².